The molecule has 2 unspecified atom stereocenters. The fourth-order valence-electron chi connectivity index (χ4n) is 2.04. The molecule has 0 saturated carbocycles. The van der Waals surface area contributed by atoms with Gasteiger partial charge in [0.1, 0.15) is 4.21 Å². The van der Waals surface area contributed by atoms with Crippen LogP contribution >= 0.6 is 11.3 Å². The summed E-state index contributed by atoms with van der Waals surface area (Å²) >= 11 is 1.34. The van der Waals surface area contributed by atoms with Crippen LogP contribution in [0, 0.1) is 5.92 Å². The van der Waals surface area contributed by atoms with Crippen molar-refractivity contribution in [3.63, 3.8) is 0 Å². The number of sulfonamides is 1. The minimum atomic E-state index is -3.39. The maximum atomic E-state index is 12.3. The molecule has 122 valence electrons. The maximum Gasteiger partial charge on any atom is 0.250 e. The molecule has 1 heterocycles. The lowest BCUT2D eigenvalue weighted by atomic mass is 10.0. The fraction of sp³-hybridized carbons (Fsp3) is 0.733. The third-order valence-electron chi connectivity index (χ3n) is 3.40. The van der Waals surface area contributed by atoms with E-state index < -0.39 is 10.0 Å². The molecule has 1 aromatic heterocycles. The van der Waals surface area contributed by atoms with E-state index >= 15 is 0 Å². The average molecular weight is 333 g/mol. The Hall–Kier alpha value is -0.430. The van der Waals surface area contributed by atoms with E-state index in [-0.39, 0.29) is 6.04 Å². The molecule has 2 N–H and O–H groups in total. The van der Waals surface area contributed by atoms with Gasteiger partial charge < -0.3 is 5.32 Å². The molecule has 0 bridgehead atoms. The molecule has 1 aromatic rings. The van der Waals surface area contributed by atoms with Gasteiger partial charge in [0.15, 0.2) is 0 Å². The smallest absolute Gasteiger partial charge is 0.250 e. The number of hydrogen-bond donors (Lipinski definition) is 2. The molecule has 1 rings (SSSR count). The van der Waals surface area contributed by atoms with E-state index in [4.69, 9.17) is 0 Å². The maximum absolute atomic E-state index is 12.3. The van der Waals surface area contributed by atoms with Crippen LogP contribution in [0.25, 0.3) is 0 Å². The van der Waals surface area contributed by atoms with Gasteiger partial charge in [0.2, 0.25) is 10.0 Å². The zero-order chi connectivity index (χ0) is 16.0. The molecule has 0 amide bonds. The molecule has 0 aromatic carbocycles. The molecule has 0 radical (unpaired) electrons. The molecule has 0 aliphatic rings. The highest BCUT2D eigenvalue weighted by atomic mass is 32.2. The van der Waals surface area contributed by atoms with Crippen LogP contribution in [0.1, 0.15) is 52.3 Å². The van der Waals surface area contributed by atoms with Gasteiger partial charge in [-0.05, 0) is 31.4 Å². The van der Waals surface area contributed by atoms with E-state index in [1.165, 1.54) is 11.3 Å². The first kappa shape index (κ1) is 18.6. The van der Waals surface area contributed by atoms with Gasteiger partial charge in [-0.1, -0.05) is 34.1 Å². The summed E-state index contributed by atoms with van der Waals surface area (Å²) in [5.74, 6) is 0.525. The molecule has 0 aliphatic carbocycles. The van der Waals surface area contributed by atoms with Crippen molar-refractivity contribution in [2.24, 2.45) is 5.92 Å². The first-order valence-corrected chi connectivity index (χ1v) is 9.89. The van der Waals surface area contributed by atoms with Crippen LogP contribution in [0.4, 0.5) is 0 Å². The van der Waals surface area contributed by atoms with E-state index in [1.807, 2.05) is 13.0 Å². The van der Waals surface area contributed by atoms with Gasteiger partial charge in [0.25, 0.3) is 0 Å². The second-order valence-electron chi connectivity index (χ2n) is 6.03. The Bertz CT molecular complexity index is 524. The van der Waals surface area contributed by atoms with Gasteiger partial charge in [-0.3, -0.25) is 0 Å². The molecule has 21 heavy (non-hydrogen) atoms. The second kappa shape index (κ2) is 8.27. The summed E-state index contributed by atoms with van der Waals surface area (Å²) < 4.78 is 27.9. The lowest BCUT2D eigenvalue weighted by molar-refractivity contribution is 0.446. The van der Waals surface area contributed by atoms with Crippen molar-refractivity contribution in [1.82, 2.24) is 10.0 Å². The van der Waals surface area contributed by atoms with Crippen molar-refractivity contribution in [2.45, 2.75) is 70.3 Å². The average Bonchev–Trinajstić information content (AvgIpc) is 2.84. The summed E-state index contributed by atoms with van der Waals surface area (Å²) in [7, 11) is -3.39. The zero-order valence-corrected chi connectivity index (χ0v) is 15.3. The molecule has 0 saturated heterocycles. The van der Waals surface area contributed by atoms with Gasteiger partial charge in [0, 0.05) is 23.5 Å². The van der Waals surface area contributed by atoms with E-state index in [2.05, 4.69) is 37.7 Å². The summed E-state index contributed by atoms with van der Waals surface area (Å²) in [5.41, 5.74) is 0. The SMILES string of the molecule is CCC(C)CC(C)NS(=O)(=O)c1ccc(CNC(C)C)s1. The van der Waals surface area contributed by atoms with Crippen LogP contribution in [0.2, 0.25) is 0 Å². The van der Waals surface area contributed by atoms with E-state index in [0.29, 0.717) is 22.7 Å². The Kier molecular flexibility index (Phi) is 7.33. The molecule has 2 atom stereocenters. The number of nitrogens with one attached hydrogen (secondary N) is 2. The monoisotopic (exact) mass is 332 g/mol. The lowest BCUT2D eigenvalue weighted by Crippen LogP contribution is -2.33. The van der Waals surface area contributed by atoms with Crippen molar-refractivity contribution < 1.29 is 8.42 Å². The Morgan fingerprint density at radius 1 is 1.19 bits per heavy atom. The largest absolute Gasteiger partial charge is 0.310 e. The third kappa shape index (κ3) is 6.46. The number of rotatable bonds is 9. The zero-order valence-electron chi connectivity index (χ0n) is 13.6. The molecule has 0 aliphatic heterocycles. The predicted octanol–water partition coefficient (Wildman–Crippen LogP) is 3.35. The standard InChI is InChI=1S/C15H28N2O2S2/c1-6-12(4)9-13(5)17-21(18,19)15-8-7-14(20-15)10-16-11(2)3/h7-8,11-13,16-17H,6,9-10H2,1-5H3. The van der Waals surface area contributed by atoms with Gasteiger partial charge in [-0.15, -0.1) is 11.3 Å². The summed E-state index contributed by atoms with van der Waals surface area (Å²) in [5, 5.41) is 3.30. The van der Waals surface area contributed by atoms with Crippen LogP contribution in [0.15, 0.2) is 16.3 Å². The topological polar surface area (TPSA) is 58.2 Å². The van der Waals surface area contributed by atoms with Crippen molar-refractivity contribution in [1.29, 1.82) is 0 Å². The Morgan fingerprint density at radius 2 is 1.86 bits per heavy atom. The van der Waals surface area contributed by atoms with Gasteiger partial charge in [-0.25, -0.2) is 13.1 Å². The van der Waals surface area contributed by atoms with Crippen LogP contribution in [0.3, 0.4) is 0 Å². The lowest BCUT2D eigenvalue weighted by Gasteiger charge is -2.16. The highest BCUT2D eigenvalue weighted by Gasteiger charge is 2.20. The number of thiophene rings is 1. The molecular formula is C15H28N2O2S2. The Balaban J connectivity index is 2.66. The quantitative estimate of drug-likeness (QED) is 0.729. The molecule has 6 heteroatoms. The van der Waals surface area contributed by atoms with E-state index in [0.717, 1.165) is 17.7 Å². The van der Waals surface area contributed by atoms with E-state index in [1.54, 1.807) is 6.07 Å². The van der Waals surface area contributed by atoms with Gasteiger partial charge in [-0.2, -0.15) is 0 Å². The van der Waals surface area contributed by atoms with Crippen LogP contribution < -0.4 is 10.0 Å². The van der Waals surface area contributed by atoms with Crippen LogP contribution in [0.5, 0.6) is 0 Å². The van der Waals surface area contributed by atoms with Crippen molar-refractivity contribution in [3.05, 3.63) is 17.0 Å². The Morgan fingerprint density at radius 3 is 2.43 bits per heavy atom. The summed E-state index contributed by atoms with van der Waals surface area (Å²) in [6.07, 6.45) is 1.93. The number of hydrogen-bond acceptors (Lipinski definition) is 4. The van der Waals surface area contributed by atoms with Crippen molar-refractivity contribution in [3.8, 4) is 0 Å². The third-order valence-corrected chi connectivity index (χ3v) is 6.56. The summed E-state index contributed by atoms with van der Waals surface area (Å²) in [4.78, 5) is 1.04. The van der Waals surface area contributed by atoms with Crippen molar-refractivity contribution in [2.75, 3.05) is 0 Å². The predicted molar refractivity (Wildman–Crippen MR) is 90.2 cm³/mol. The van der Waals surface area contributed by atoms with Crippen LogP contribution in [-0.4, -0.2) is 20.5 Å². The molecular weight excluding hydrogens is 304 g/mol. The van der Waals surface area contributed by atoms with Crippen LogP contribution in [-0.2, 0) is 16.6 Å². The molecule has 0 spiro atoms. The normalized spacial score (nSPS) is 15.3. The fourth-order valence-corrected chi connectivity index (χ4v) is 4.62. The van der Waals surface area contributed by atoms with Gasteiger partial charge >= 0.3 is 0 Å². The first-order chi connectivity index (χ1) is 9.74. The Labute approximate surface area is 133 Å². The second-order valence-corrected chi connectivity index (χ2v) is 9.14. The van der Waals surface area contributed by atoms with Crippen molar-refractivity contribution >= 4 is 21.4 Å². The molecule has 0 fully saturated rings. The van der Waals surface area contributed by atoms with E-state index in [9.17, 15) is 8.42 Å². The highest BCUT2D eigenvalue weighted by Crippen LogP contribution is 2.22. The summed E-state index contributed by atoms with van der Waals surface area (Å²) in [6, 6.07) is 3.93. The minimum absolute atomic E-state index is 0.0377. The molecule has 4 nitrogen and oxygen atoms in total. The first-order valence-electron chi connectivity index (χ1n) is 7.59. The van der Waals surface area contributed by atoms with Gasteiger partial charge in [0.05, 0.1) is 0 Å². The highest BCUT2D eigenvalue weighted by molar-refractivity contribution is 7.91. The summed E-state index contributed by atoms with van der Waals surface area (Å²) in [6.45, 7) is 11.1. The minimum Gasteiger partial charge on any atom is -0.310 e.